The number of anilines is 1. The van der Waals surface area contributed by atoms with E-state index in [1.165, 1.54) is 18.5 Å². The van der Waals surface area contributed by atoms with Gasteiger partial charge in [-0.2, -0.15) is 0 Å². The molecule has 4 rings (SSSR count). The van der Waals surface area contributed by atoms with Crippen LogP contribution in [-0.4, -0.2) is 16.3 Å². The first-order valence-electron chi connectivity index (χ1n) is 10.6. The molecule has 0 aliphatic rings. The topological polar surface area (TPSA) is 56.3 Å². The van der Waals surface area contributed by atoms with E-state index < -0.39 is 6.36 Å². The second-order valence-corrected chi connectivity index (χ2v) is 7.48. The highest BCUT2D eigenvalue weighted by molar-refractivity contribution is 5.67. The zero-order valence-corrected chi connectivity index (χ0v) is 18.1. The molecule has 1 heterocycles. The highest BCUT2D eigenvalue weighted by atomic mass is 19.4. The summed E-state index contributed by atoms with van der Waals surface area (Å²) in [6.07, 6.45) is -1.42. The molecule has 1 N–H and O–H groups in total. The Hall–Kier alpha value is -3.91. The molecule has 3 aromatic carbocycles. The Kier molecular flexibility index (Phi) is 7.39. The molecular weight excluding hydrogens is 443 g/mol. The van der Waals surface area contributed by atoms with Crippen LogP contribution >= 0.6 is 0 Å². The van der Waals surface area contributed by atoms with Gasteiger partial charge in [0.15, 0.2) is 0 Å². The average Bonchev–Trinajstić information content (AvgIpc) is 2.84. The number of nitrogens with one attached hydrogen (secondary N) is 1. The van der Waals surface area contributed by atoms with Gasteiger partial charge in [0.05, 0.1) is 18.9 Å². The molecule has 0 atom stereocenters. The van der Waals surface area contributed by atoms with Crippen molar-refractivity contribution < 1.29 is 22.6 Å². The van der Waals surface area contributed by atoms with Gasteiger partial charge in [-0.3, -0.25) is 0 Å². The molecule has 0 amide bonds. The van der Waals surface area contributed by atoms with Crippen molar-refractivity contribution >= 4 is 5.69 Å². The number of nitrogens with zero attached hydrogens (tertiary/aromatic N) is 2. The molecule has 0 aliphatic heterocycles. The fourth-order valence-corrected chi connectivity index (χ4v) is 3.33. The monoisotopic (exact) mass is 465 g/mol. The molecule has 1 aromatic heterocycles. The Morgan fingerprint density at radius 2 is 1.53 bits per heavy atom. The lowest BCUT2D eigenvalue weighted by Gasteiger charge is -2.12. The van der Waals surface area contributed by atoms with Gasteiger partial charge in [-0.15, -0.1) is 13.2 Å². The molecule has 0 saturated carbocycles. The SMILES string of the molecule is FC(F)(F)Oc1ccc(CNc2ccc(-c3cncnc3COCc3ccccc3)cc2)cc1. The maximum Gasteiger partial charge on any atom is 0.573 e. The molecule has 8 heteroatoms. The number of hydrogen-bond acceptors (Lipinski definition) is 5. The second-order valence-electron chi connectivity index (χ2n) is 7.48. The maximum atomic E-state index is 12.3. The Labute approximate surface area is 195 Å². The molecule has 5 nitrogen and oxygen atoms in total. The summed E-state index contributed by atoms with van der Waals surface area (Å²) in [4.78, 5) is 8.53. The van der Waals surface area contributed by atoms with Gasteiger partial charge in [0.1, 0.15) is 12.1 Å². The van der Waals surface area contributed by atoms with Crippen molar-refractivity contribution in [2.75, 3.05) is 5.32 Å². The molecule has 0 fully saturated rings. The van der Waals surface area contributed by atoms with Crippen LogP contribution in [0.5, 0.6) is 5.75 Å². The zero-order chi connectivity index (χ0) is 23.8. The van der Waals surface area contributed by atoms with Crippen molar-refractivity contribution in [1.29, 1.82) is 0 Å². The first-order chi connectivity index (χ1) is 16.5. The van der Waals surface area contributed by atoms with Gasteiger partial charge < -0.3 is 14.8 Å². The third kappa shape index (κ3) is 6.79. The van der Waals surface area contributed by atoms with Crippen LogP contribution in [0.2, 0.25) is 0 Å². The van der Waals surface area contributed by atoms with Crippen molar-refractivity contribution in [2.45, 2.75) is 26.1 Å². The predicted octanol–water partition coefficient (Wildman–Crippen LogP) is 6.37. The number of ether oxygens (including phenoxy) is 2. The van der Waals surface area contributed by atoms with Crippen molar-refractivity contribution in [3.8, 4) is 16.9 Å². The summed E-state index contributed by atoms with van der Waals surface area (Å²) < 4.78 is 46.6. The van der Waals surface area contributed by atoms with Gasteiger partial charge in [-0.05, 0) is 41.0 Å². The van der Waals surface area contributed by atoms with Gasteiger partial charge in [-0.25, -0.2) is 9.97 Å². The summed E-state index contributed by atoms with van der Waals surface area (Å²) in [5.41, 5.74) is 5.44. The molecule has 0 saturated heterocycles. The minimum Gasteiger partial charge on any atom is -0.406 e. The van der Waals surface area contributed by atoms with E-state index in [0.29, 0.717) is 19.8 Å². The summed E-state index contributed by atoms with van der Waals surface area (Å²) in [5.74, 6) is -0.241. The smallest absolute Gasteiger partial charge is 0.406 e. The fourth-order valence-electron chi connectivity index (χ4n) is 3.33. The normalized spacial score (nSPS) is 11.3. The lowest BCUT2D eigenvalue weighted by Crippen LogP contribution is -2.17. The van der Waals surface area contributed by atoms with Crippen molar-refractivity contribution in [3.05, 3.63) is 108 Å². The Morgan fingerprint density at radius 3 is 2.24 bits per heavy atom. The zero-order valence-electron chi connectivity index (χ0n) is 18.1. The van der Waals surface area contributed by atoms with E-state index >= 15 is 0 Å². The van der Waals surface area contributed by atoms with Gasteiger partial charge >= 0.3 is 6.36 Å². The third-order valence-electron chi connectivity index (χ3n) is 4.99. The summed E-state index contributed by atoms with van der Waals surface area (Å²) in [6, 6.07) is 23.5. The molecule has 34 heavy (non-hydrogen) atoms. The molecule has 0 bridgehead atoms. The number of hydrogen-bond donors (Lipinski definition) is 1. The summed E-state index contributed by atoms with van der Waals surface area (Å²) in [6.45, 7) is 1.32. The van der Waals surface area contributed by atoms with E-state index in [-0.39, 0.29) is 5.75 Å². The first kappa shape index (κ1) is 23.3. The molecule has 0 spiro atoms. The van der Waals surface area contributed by atoms with Gasteiger partial charge in [-0.1, -0.05) is 54.6 Å². The quantitative estimate of drug-likeness (QED) is 0.311. The van der Waals surface area contributed by atoms with Crippen LogP contribution in [0.4, 0.5) is 18.9 Å². The summed E-state index contributed by atoms with van der Waals surface area (Å²) in [7, 11) is 0. The van der Waals surface area contributed by atoms with E-state index in [1.54, 1.807) is 18.3 Å². The number of benzene rings is 3. The van der Waals surface area contributed by atoms with Crippen LogP contribution in [0.1, 0.15) is 16.8 Å². The third-order valence-corrected chi connectivity index (χ3v) is 4.99. The molecular formula is C26H22F3N3O2. The van der Waals surface area contributed by atoms with E-state index in [2.05, 4.69) is 20.0 Å². The van der Waals surface area contributed by atoms with Crippen LogP contribution in [0.25, 0.3) is 11.1 Å². The first-order valence-corrected chi connectivity index (χ1v) is 10.6. The van der Waals surface area contributed by atoms with Gasteiger partial charge in [0, 0.05) is 24.0 Å². The van der Waals surface area contributed by atoms with E-state index in [1.807, 2.05) is 54.6 Å². The van der Waals surface area contributed by atoms with Crippen molar-refractivity contribution in [3.63, 3.8) is 0 Å². The largest absolute Gasteiger partial charge is 0.573 e. The van der Waals surface area contributed by atoms with Crippen LogP contribution < -0.4 is 10.1 Å². The lowest BCUT2D eigenvalue weighted by atomic mass is 10.1. The second kappa shape index (κ2) is 10.8. The van der Waals surface area contributed by atoms with Crippen molar-refractivity contribution in [1.82, 2.24) is 9.97 Å². The minimum atomic E-state index is -4.70. The number of halogens is 3. The molecule has 4 aromatic rings. The maximum absolute atomic E-state index is 12.3. The van der Waals surface area contributed by atoms with E-state index in [4.69, 9.17) is 4.74 Å². The number of alkyl halides is 3. The minimum absolute atomic E-state index is 0.241. The Balaban J connectivity index is 1.34. The van der Waals surface area contributed by atoms with Crippen LogP contribution in [0, 0.1) is 0 Å². The van der Waals surface area contributed by atoms with Crippen LogP contribution in [-0.2, 0) is 24.5 Å². The van der Waals surface area contributed by atoms with Gasteiger partial charge in [0.2, 0.25) is 0 Å². The van der Waals surface area contributed by atoms with E-state index in [0.717, 1.165) is 33.6 Å². The van der Waals surface area contributed by atoms with Crippen LogP contribution in [0.15, 0.2) is 91.4 Å². The average molecular weight is 465 g/mol. The Morgan fingerprint density at radius 1 is 0.794 bits per heavy atom. The molecule has 0 radical (unpaired) electrons. The van der Waals surface area contributed by atoms with Gasteiger partial charge in [0.25, 0.3) is 0 Å². The molecule has 0 unspecified atom stereocenters. The highest BCUT2D eigenvalue weighted by Gasteiger charge is 2.30. The summed E-state index contributed by atoms with van der Waals surface area (Å²) in [5, 5.41) is 3.26. The molecule has 174 valence electrons. The predicted molar refractivity (Wildman–Crippen MR) is 123 cm³/mol. The highest BCUT2D eigenvalue weighted by Crippen LogP contribution is 2.25. The standard InChI is InChI=1S/C26H22F3N3O2/c27-26(28,29)34-23-12-6-19(7-13-23)14-31-22-10-8-21(9-11-22)24-15-30-18-32-25(24)17-33-16-20-4-2-1-3-5-20/h1-13,15,18,31H,14,16-17H2. The summed E-state index contributed by atoms with van der Waals surface area (Å²) >= 11 is 0. The number of rotatable bonds is 9. The molecule has 0 aliphatic carbocycles. The number of aromatic nitrogens is 2. The van der Waals surface area contributed by atoms with E-state index in [9.17, 15) is 13.2 Å². The lowest BCUT2D eigenvalue weighted by molar-refractivity contribution is -0.274. The van der Waals surface area contributed by atoms with Crippen LogP contribution in [0.3, 0.4) is 0 Å². The Bertz CT molecular complexity index is 1180. The van der Waals surface area contributed by atoms with Crippen molar-refractivity contribution in [2.24, 2.45) is 0 Å². The fraction of sp³-hybridized carbons (Fsp3) is 0.154.